The molecule has 1 aromatic carbocycles. The first kappa shape index (κ1) is 9.13. The first-order valence-electron chi connectivity index (χ1n) is 3.64. The van der Waals surface area contributed by atoms with Crippen LogP contribution in [0.15, 0.2) is 29.2 Å². The summed E-state index contributed by atoms with van der Waals surface area (Å²) in [5.74, 6) is -0.0362. The SMILES string of the molecule is CNC(=O)c1cccc(SC)c1. The molecule has 0 radical (unpaired) electrons. The van der Waals surface area contributed by atoms with E-state index >= 15 is 0 Å². The minimum Gasteiger partial charge on any atom is -0.355 e. The molecule has 0 fully saturated rings. The van der Waals surface area contributed by atoms with Crippen LogP contribution in [0.4, 0.5) is 0 Å². The van der Waals surface area contributed by atoms with Gasteiger partial charge in [-0.2, -0.15) is 0 Å². The van der Waals surface area contributed by atoms with Crippen molar-refractivity contribution in [1.82, 2.24) is 5.32 Å². The van der Waals surface area contributed by atoms with Crippen molar-refractivity contribution in [3.8, 4) is 0 Å². The molecular formula is C9H11NOS. The summed E-state index contributed by atoms with van der Waals surface area (Å²) in [7, 11) is 1.63. The second-order valence-corrected chi connectivity index (χ2v) is 3.19. The molecular weight excluding hydrogens is 170 g/mol. The molecule has 0 aromatic heterocycles. The zero-order chi connectivity index (χ0) is 8.97. The maximum Gasteiger partial charge on any atom is 0.251 e. The van der Waals surface area contributed by atoms with Crippen molar-refractivity contribution in [2.24, 2.45) is 0 Å². The van der Waals surface area contributed by atoms with Gasteiger partial charge >= 0.3 is 0 Å². The third-order valence-corrected chi connectivity index (χ3v) is 2.28. The second kappa shape index (κ2) is 4.16. The van der Waals surface area contributed by atoms with Gasteiger partial charge in [0.2, 0.25) is 0 Å². The lowest BCUT2D eigenvalue weighted by Crippen LogP contribution is -2.17. The summed E-state index contributed by atoms with van der Waals surface area (Å²) >= 11 is 1.63. The lowest BCUT2D eigenvalue weighted by atomic mass is 10.2. The highest BCUT2D eigenvalue weighted by Gasteiger charge is 2.01. The summed E-state index contributed by atoms with van der Waals surface area (Å²) in [4.78, 5) is 12.3. The number of hydrogen-bond acceptors (Lipinski definition) is 2. The van der Waals surface area contributed by atoms with Crippen molar-refractivity contribution in [3.05, 3.63) is 29.8 Å². The van der Waals surface area contributed by atoms with Gasteiger partial charge in [0.15, 0.2) is 0 Å². The Hall–Kier alpha value is -0.960. The van der Waals surface area contributed by atoms with Crippen LogP contribution in [0.2, 0.25) is 0 Å². The zero-order valence-corrected chi connectivity index (χ0v) is 7.94. The first-order chi connectivity index (χ1) is 5.77. The van der Waals surface area contributed by atoms with Crippen LogP contribution in [-0.4, -0.2) is 19.2 Å². The molecule has 2 nitrogen and oxygen atoms in total. The van der Waals surface area contributed by atoms with Gasteiger partial charge in [-0.1, -0.05) is 6.07 Å². The number of benzene rings is 1. The van der Waals surface area contributed by atoms with Crippen molar-refractivity contribution >= 4 is 17.7 Å². The van der Waals surface area contributed by atoms with Crippen LogP contribution in [0.5, 0.6) is 0 Å². The van der Waals surface area contributed by atoms with Crippen molar-refractivity contribution < 1.29 is 4.79 Å². The lowest BCUT2D eigenvalue weighted by Gasteiger charge is -2.00. The van der Waals surface area contributed by atoms with E-state index in [1.54, 1.807) is 24.9 Å². The van der Waals surface area contributed by atoms with Gasteiger partial charge in [0.1, 0.15) is 0 Å². The van der Waals surface area contributed by atoms with Crippen LogP contribution in [0.25, 0.3) is 0 Å². The highest BCUT2D eigenvalue weighted by molar-refractivity contribution is 7.98. The van der Waals surface area contributed by atoms with Gasteiger partial charge in [0.25, 0.3) is 5.91 Å². The molecule has 0 unspecified atom stereocenters. The Balaban J connectivity index is 2.93. The van der Waals surface area contributed by atoms with E-state index < -0.39 is 0 Å². The Labute approximate surface area is 76.4 Å². The highest BCUT2D eigenvalue weighted by atomic mass is 32.2. The maximum absolute atomic E-state index is 11.2. The molecule has 0 heterocycles. The van der Waals surface area contributed by atoms with E-state index in [1.165, 1.54) is 0 Å². The second-order valence-electron chi connectivity index (χ2n) is 2.31. The first-order valence-corrected chi connectivity index (χ1v) is 4.86. The molecule has 3 heteroatoms. The number of nitrogens with one attached hydrogen (secondary N) is 1. The zero-order valence-electron chi connectivity index (χ0n) is 7.13. The average Bonchev–Trinajstić information content (AvgIpc) is 2.17. The van der Waals surface area contributed by atoms with Gasteiger partial charge in [0, 0.05) is 17.5 Å². The van der Waals surface area contributed by atoms with Gasteiger partial charge in [0.05, 0.1) is 0 Å². The quantitative estimate of drug-likeness (QED) is 0.704. The van der Waals surface area contributed by atoms with Gasteiger partial charge in [-0.3, -0.25) is 4.79 Å². The predicted molar refractivity (Wildman–Crippen MR) is 51.6 cm³/mol. The van der Waals surface area contributed by atoms with Gasteiger partial charge in [-0.05, 0) is 24.5 Å². The summed E-state index contributed by atoms with van der Waals surface area (Å²) in [6, 6.07) is 7.55. The fraction of sp³-hybridized carbons (Fsp3) is 0.222. The number of carbonyl (C=O) groups excluding carboxylic acids is 1. The molecule has 1 N–H and O–H groups in total. The number of hydrogen-bond donors (Lipinski definition) is 1. The maximum atomic E-state index is 11.2. The Morgan fingerprint density at radius 3 is 2.83 bits per heavy atom. The van der Waals surface area contributed by atoms with Gasteiger partial charge in [-0.25, -0.2) is 0 Å². The molecule has 0 aliphatic rings. The van der Waals surface area contributed by atoms with Crippen LogP contribution in [0, 0.1) is 0 Å². The third-order valence-electron chi connectivity index (χ3n) is 1.56. The Bertz CT molecular complexity index is 286. The standard InChI is InChI=1S/C9H11NOS/c1-10-9(11)7-4-3-5-8(6-7)12-2/h3-6H,1-2H3,(H,10,11). The number of amides is 1. The summed E-state index contributed by atoms with van der Waals surface area (Å²) < 4.78 is 0. The summed E-state index contributed by atoms with van der Waals surface area (Å²) in [6.45, 7) is 0. The monoisotopic (exact) mass is 181 g/mol. The summed E-state index contributed by atoms with van der Waals surface area (Å²) in [5, 5.41) is 2.58. The molecule has 0 aliphatic carbocycles. The number of rotatable bonds is 2. The fourth-order valence-electron chi connectivity index (χ4n) is 0.909. The topological polar surface area (TPSA) is 29.1 Å². The molecule has 0 spiro atoms. The molecule has 0 atom stereocenters. The van der Waals surface area contributed by atoms with Crippen LogP contribution in [0.3, 0.4) is 0 Å². The molecule has 0 saturated carbocycles. The Morgan fingerprint density at radius 1 is 1.50 bits per heavy atom. The molecule has 12 heavy (non-hydrogen) atoms. The van der Waals surface area contributed by atoms with E-state index in [9.17, 15) is 4.79 Å². The Kier molecular flexibility index (Phi) is 3.17. The van der Waals surface area contributed by atoms with Crippen LogP contribution >= 0.6 is 11.8 Å². The summed E-state index contributed by atoms with van der Waals surface area (Å²) in [6.07, 6.45) is 1.99. The number of thioether (sulfide) groups is 1. The van der Waals surface area contributed by atoms with Gasteiger partial charge in [-0.15, -0.1) is 11.8 Å². The van der Waals surface area contributed by atoms with Crippen molar-refractivity contribution in [3.63, 3.8) is 0 Å². The number of carbonyl (C=O) groups is 1. The van der Waals surface area contributed by atoms with Crippen LogP contribution in [0.1, 0.15) is 10.4 Å². The van der Waals surface area contributed by atoms with E-state index in [4.69, 9.17) is 0 Å². The van der Waals surface area contributed by atoms with E-state index in [-0.39, 0.29) is 5.91 Å². The normalized spacial score (nSPS) is 9.50. The largest absolute Gasteiger partial charge is 0.355 e. The minimum atomic E-state index is -0.0362. The molecule has 64 valence electrons. The van der Waals surface area contributed by atoms with Gasteiger partial charge < -0.3 is 5.32 Å². The highest BCUT2D eigenvalue weighted by Crippen LogP contribution is 2.15. The Morgan fingerprint density at radius 2 is 2.25 bits per heavy atom. The van der Waals surface area contributed by atoms with Crippen molar-refractivity contribution in [1.29, 1.82) is 0 Å². The van der Waals surface area contributed by atoms with Crippen LogP contribution in [-0.2, 0) is 0 Å². The minimum absolute atomic E-state index is 0.0362. The average molecular weight is 181 g/mol. The van der Waals surface area contributed by atoms with E-state index in [1.807, 2.05) is 24.5 Å². The van der Waals surface area contributed by atoms with Crippen molar-refractivity contribution in [2.75, 3.05) is 13.3 Å². The van der Waals surface area contributed by atoms with E-state index in [0.717, 1.165) is 4.90 Å². The molecule has 1 amide bonds. The van der Waals surface area contributed by atoms with E-state index in [2.05, 4.69) is 5.32 Å². The molecule has 0 aliphatic heterocycles. The predicted octanol–water partition coefficient (Wildman–Crippen LogP) is 1.77. The smallest absolute Gasteiger partial charge is 0.251 e. The molecule has 0 bridgehead atoms. The van der Waals surface area contributed by atoms with Crippen LogP contribution < -0.4 is 5.32 Å². The fourth-order valence-corrected chi connectivity index (χ4v) is 1.37. The van der Waals surface area contributed by atoms with E-state index in [0.29, 0.717) is 5.56 Å². The molecule has 1 rings (SSSR count). The van der Waals surface area contributed by atoms with Crippen molar-refractivity contribution in [2.45, 2.75) is 4.90 Å². The summed E-state index contributed by atoms with van der Waals surface area (Å²) in [5.41, 5.74) is 0.712. The molecule has 1 aromatic rings. The molecule has 0 saturated heterocycles. The third kappa shape index (κ3) is 2.01. The lowest BCUT2D eigenvalue weighted by molar-refractivity contribution is 0.0963.